The molecule has 0 aliphatic rings. The van der Waals surface area contributed by atoms with E-state index in [-0.39, 0.29) is 6.61 Å². The first kappa shape index (κ1) is 14.7. The molecule has 0 N–H and O–H groups in total. The van der Waals surface area contributed by atoms with Gasteiger partial charge in [0.25, 0.3) is 0 Å². The molecule has 0 atom stereocenters. The molecular formula is C15H11BrClNO2. The Hall–Kier alpha value is -1.70. The van der Waals surface area contributed by atoms with Gasteiger partial charge in [-0.15, -0.1) is 0 Å². The molecule has 0 saturated heterocycles. The van der Waals surface area contributed by atoms with Crippen LogP contribution in [-0.2, 0) is 6.61 Å². The van der Waals surface area contributed by atoms with E-state index in [0.29, 0.717) is 22.1 Å². The molecule has 0 aromatic heterocycles. The number of nitrogens with zero attached hydrogens (tertiary/aromatic N) is 1. The summed E-state index contributed by atoms with van der Waals surface area (Å²) in [6, 6.07) is 12.7. The van der Waals surface area contributed by atoms with Gasteiger partial charge in [0.1, 0.15) is 18.1 Å². The van der Waals surface area contributed by atoms with E-state index in [1.165, 1.54) is 0 Å². The maximum absolute atomic E-state index is 8.93. The van der Waals surface area contributed by atoms with Crippen molar-refractivity contribution in [1.82, 2.24) is 0 Å². The smallest absolute Gasteiger partial charge is 0.139 e. The first-order valence-electron chi connectivity index (χ1n) is 5.79. The number of benzene rings is 2. The minimum absolute atomic E-state index is 0.273. The monoisotopic (exact) mass is 351 g/mol. The molecular weight excluding hydrogens is 342 g/mol. The predicted molar refractivity (Wildman–Crippen MR) is 81.2 cm³/mol. The standard InChI is InChI=1S/C15H11BrClNO2/c1-19-14-5-2-10(8-18)6-11(14)9-20-15-7-12(16)3-4-13(15)17/h2-7H,9H2,1H3. The van der Waals surface area contributed by atoms with Gasteiger partial charge in [-0.3, -0.25) is 0 Å². The summed E-state index contributed by atoms with van der Waals surface area (Å²) in [7, 11) is 1.58. The van der Waals surface area contributed by atoms with Crippen LogP contribution in [0.2, 0.25) is 5.02 Å². The zero-order valence-electron chi connectivity index (χ0n) is 10.7. The summed E-state index contributed by atoms with van der Waals surface area (Å²) in [6.45, 7) is 0.273. The van der Waals surface area contributed by atoms with Crippen molar-refractivity contribution in [3.8, 4) is 17.6 Å². The molecule has 0 heterocycles. The summed E-state index contributed by atoms with van der Waals surface area (Å²) in [5.74, 6) is 1.25. The number of methoxy groups -OCH3 is 1. The number of hydrogen-bond acceptors (Lipinski definition) is 3. The zero-order chi connectivity index (χ0) is 14.5. The SMILES string of the molecule is COc1ccc(C#N)cc1COc1cc(Br)ccc1Cl. The zero-order valence-corrected chi connectivity index (χ0v) is 13.0. The topological polar surface area (TPSA) is 42.2 Å². The van der Waals surface area contributed by atoms with Crippen LogP contribution in [0.5, 0.6) is 11.5 Å². The van der Waals surface area contributed by atoms with Gasteiger partial charge in [-0.25, -0.2) is 0 Å². The van der Waals surface area contributed by atoms with Crippen LogP contribution in [0.1, 0.15) is 11.1 Å². The molecule has 2 rings (SSSR count). The molecule has 0 fully saturated rings. The van der Waals surface area contributed by atoms with Crippen molar-refractivity contribution in [2.75, 3.05) is 7.11 Å². The second kappa shape index (κ2) is 6.65. The van der Waals surface area contributed by atoms with E-state index in [0.717, 1.165) is 10.0 Å². The fraction of sp³-hybridized carbons (Fsp3) is 0.133. The van der Waals surface area contributed by atoms with Gasteiger partial charge in [0.05, 0.1) is 23.8 Å². The third kappa shape index (κ3) is 3.44. The van der Waals surface area contributed by atoms with Crippen molar-refractivity contribution in [2.24, 2.45) is 0 Å². The lowest BCUT2D eigenvalue weighted by Crippen LogP contribution is -2.00. The molecule has 0 spiro atoms. The molecule has 0 bridgehead atoms. The third-order valence-corrected chi connectivity index (χ3v) is 3.49. The Morgan fingerprint density at radius 2 is 2.00 bits per heavy atom. The Morgan fingerprint density at radius 3 is 2.70 bits per heavy atom. The van der Waals surface area contributed by atoms with Crippen molar-refractivity contribution >= 4 is 27.5 Å². The number of nitriles is 1. The lowest BCUT2D eigenvalue weighted by atomic mass is 10.1. The Kier molecular flexibility index (Phi) is 4.89. The maximum atomic E-state index is 8.93. The van der Waals surface area contributed by atoms with Crippen molar-refractivity contribution < 1.29 is 9.47 Å². The summed E-state index contributed by atoms with van der Waals surface area (Å²) in [5, 5.41) is 9.46. The van der Waals surface area contributed by atoms with Gasteiger partial charge < -0.3 is 9.47 Å². The Balaban J connectivity index is 2.22. The van der Waals surface area contributed by atoms with Gasteiger partial charge in [-0.2, -0.15) is 5.26 Å². The Labute approximate surface area is 130 Å². The largest absolute Gasteiger partial charge is 0.496 e. The van der Waals surface area contributed by atoms with Crippen LogP contribution in [0.15, 0.2) is 40.9 Å². The van der Waals surface area contributed by atoms with Crippen LogP contribution < -0.4 is 9.47 Å². The maximum Gasteiger partial charge on any atom is 0.139 e. The fourth-order valence-electron chi connectivity index (χ4n) is 1.70. The highest BCUT2D eigenvalue weighted by Crippen LogP contribution is 2.29. The van der Waals surface area contributed by atoms with E-state index >= 15 is 0 Å². The minimum atomic E-state index is 0.273. The second-order valence-corrected chi connectivity index (χ2v) is 5.32. The molecule has 20 heavy (non-hydrogen) atoms. The molecule has 0 aliphatic carbocycles. The van der Waals surface area contributed by atoms with Crippen LogP contribution in [0, 0.1) is 11.3 Å². The van der Waals surface area contributed by atoms with Crippen molar-refractivity contribution in [1.29, 1.82) is 5.26 Å². The molecule has 0 aliphatic heterocycles. The molecule has 3 nitrogen and oxygen atoms in total. The first-order valence-corrected chi connectivity index (χ1v) is 6.96. The summed E-state index contributed by atoms with van der Waals surface area (Å²) in [5.41, 5.74) is 1.35. The van der Waals surface area contributed by atoms with Gasteiger partial charge in [0.15, 0.2) is 0 Å². The Bertz CT molecular complexity index is 667. The van der Waals surface area contributed by atoms with Crippen molar-refractivity contribution in [3.05, 3.63) is 57.0 Å². The predicted octanol–water partition coefficient (Wildman–Crippen LogP) is 4.56. The summed E-state index contributed by atoms with van der Waals surface area (Å²) in [4.78, 5) is 0. The highest BCUT2D eigenvalue weighted by atomic mass is 79.9. The number of ether oxygens (including phenoxy) is 2. The van der Waals surface area contributed by atoms with Crippen molar-refractivity contribution in [3.63, 3.8) is 0 Å². The highest BCUT2D eigenvalue weighted by molar-refractivity contribution is 9.10. The van der Waals surface area contributed by atoms with Crippen molar-refractivity contribution in [2.45, 2.75) is 6.61 Å². The number of halogens is 2. The molecule has 5 heteroatoms. The van der Waals surface area contributed by atoms with Crippen LogP contribution in [-0.4, -0.2) is 7.11 Å². The summed E-state index contributed by atoms with van der Waals surface area (Å²) >= 11 is 9.43. The molecule has 0 radical (unpaired) electrons. The van der Waals surface area contributed by atoms with Crippen LogP contribution in [0.3, 0.4) is 0 Å². The van der Waals surface area contributed by atoms with E-state index in [1.807, 2.05) is 6.07 Å². The van der Waals surface area contributed by atoms with Gasteiger partial charge in [0, 0.05) is 10.0 Å². The van der Waals surface area contributed by atoms with Gasteiger partial charge >= 0.3 is 0 Å². The second-order valence-electron chi connectivity index (χ2n) is 4.00. The van der Waals surface area contributed by atoms with Crippen LogP contribution in [0.4, 0.5) is 0 Å². The highest BCUT2D eigenvalue weighted by Gasteiger charge is 2.08. The Morgan fingerprint density at radius 1 is 1.20 bits per heavy atom. The molecule has 102 valence electrons. The molecule has 2 aromatic rings. The lowest BCUT2D eigenvalue weighted by molar-refractivity contribution is 0.296. The van der Waals surface area contributed by atoms with Crippen LogP contribution in [0.25, 0.3) is 0 Å². The first-order chi connectivity index (χ1) is 9.63. The molecule has 0 saturated carbocycles. The average molecular weight is 353 g/mol. The van der Waals surface area contributed by atoms with Gasteiger partial charge in [-0.1, -0.05) is 27.5 Å². The minimum Gasteiger partial charge on any atom is -0.496 e. The van der Waals surface area contributed by atoms with E-state index in [2.05, 4.69) is 22.0 Å². The third-order valence-electron chi connectivity index (χ3n) is 2.69. The number of rotatable bonds is 4. The average Bonchev–Trinajstić information content (AvgIpc) is 2.47. The van der Waals surface area contributed by atoms with E-state index in [9.17, 15) is 0 Å². The molecule has 0 amide bonds. The van der Waals surface area contributed by atoms with E-state index in [4.69, 9.17) is 26.3 Å². The van der Waals surface area contributed by atoms with E-state index in [1.54, 1.807) is 37.4 Å². The van der Waals surface area contributed by atoms with Gasteiger partial charge in [-0.05, 0) is 36.4 Å². The van der Waals surface area contributed by atoms with Gasteiger partial charge in [0.2, 0.25) is 0 Å². The number of hydrogen-bond donors (Lipinski definition) is 0. The summed E-state index contributed by atoms with van der Waals surface area (Å²) in [6.07, 6.45) is 0. The van der Waals surface area contributed by atoms with E-state index < -0.39 is 0 Å². The molecule has 2 aromatic carbocycles. The van der Waals surface area contributed by atoms with Crippen LogP contribution >= 0.6 is 27.5 Å². The normalized spacial score (nSPS) is 9.90. The molecule has 0 unspecified atom stereocenters. The quantitative estimate of drug-likeness (QED) is 0.810. The fourth-order valence-corrected chi connectivity index (χ4v) is 2.22. The lowest BCUT2D eigenvalue weighted by Gasteiger charge is -2.11. The summed E-state index contributed by atoms with van der Waals surface area (Å²) < 4.78 is 11.8.